The van der Waals surface area contributed by atoms with Crippen LogP contribution in [0.4, 0.5) is 0 Å². The molecule has 0 spiro atoms. The molecular formula is C16H22N2O4S. The lowest BCUT2D eigenvalue weighted by molar-refractivity contribution is -0.131. The Balaban J connectivity index is 1.65. The number of carbonyl (C=O) groups is 1. The molecule has 1 amide bonds. The van der Waals surface area contributed by atoms with Gasteiger partial charge >= 0.3 is 0 Å². The van der Waals surface area contributed by atoms with Gasteiger partial charge in [-0.15, -0.1) is 0 Å². The van der Waals surface area contributed by atoms with Crippen molar-refractivity contribution in [2.24, 2.45) is 11.8 Å². The molecule has 0 bridgehead atoms. The topological polar surface area (TPSA) is 66.9 Å². The van der Waals surface area contributed by atoms with Gasteiger partial charge in [-0.2, -0.15) is 0 Å². The Kier molecular flexibility index (Phi) is 4.33. The summed E-state index contributed by atoms with van der Waals surface area (Å²) in [6, 6.07) is 7.67. The summed E-state index contributed by atoms with van der Waals surface area (Å²) in [5.41, 5.74) is 1.05. The van der Waals surface area contributed by atoms with E-state index in [1.165, 1.54) is 4.31 Å². The Hall–Kier alpha value is -1.60. The average Bonchev–Trinajstić information content (AvgIpc) is 3.09. The quantitative estimate of drug-likeness (QED) is 0.801. The third-order valence-electron chi connectivity index (χ3n) is 4.78. The lowest BCUT2D eigenvalue weighted by Crippen LogP contribution is -2.36. The number of methoxy groups -OCH3 is 1. The van der Waals surface area contributed by atoms with Crippen LogP contribution in [-0.4, -0.2) is 56.0 Å². The second-order valence-corrected chi connectivity index (χ2v) is 8.41. The molecule has 0 unspecified atom stereocenters. The van der Waals surface area contributed by atoms with E-state index in [1.807, 2.05) is 29.2 Å². The predicted octanol–water partition coefficient (Wildman–Crippen LogP) is 0.935. The van der Waals surface area contributed by atoms with Crippen LogP contribution in [0.2, 0.25) is 0 Å². The second kappa shape index (κ2) is 6.13. The van der Waals surface area contributed by atoms with Crippen LogP contribution < -0.4 is 4.74 Å². The van der Waals surface area contributed by atoms with E-state index < -0.39 is 10.0 Å². The Bertz CT molecular complexity index is 687. The van der Waals surface area contributed by atoms with E-state index in [4.69, 9.17) is 4.74 Å². The molecule has 0 saturated carbocycles. The minimum Gasteiger partial charge on any atom is -0.497 e. The molecular weight excluding hydrogens is 316 g/mol. The average molecular weight is 338 g/mol. The van der Waals surface area contributed by atoms with Crippen molar-refractivity contribution in [1.29, 1.82) is 0 Å². The van der Waals surface area contributed by atoms with Crippen molar-refractivity contribution < 1.29 is 17.9 Å². The molecule has 23 heavy (non-hydrogen) atoms. The van der Waals surface area contributed by atoms with Gasteiger partial charge in [-0.3, -0.25) is 4.79 Å². The largest absolute Gasteiger partial charge is 0.497 e. The van der Waals surface area contributed by atoms with Gasteiger partial charge in [0.15, 0.2) is 0 Å². The number of carbonyl (C=O) groups excluding carboxylic acids is 1. The maximum Gasteiger partial charge on any atom is 0.227 e. The first-order valence-corrected chi connectivity index (χ1v) is 9.45. The predicted molar refractivity (Wildman–Crippen MR) is 86.4 cm³/mol. The van der Waals surface area contributed by atoms with E-state index >= 15 is 0 Å². The summed E-state index contributed by atoms with van der Waals surface area (Å²) in [6.45, 7) is 3.63. The van der Waals surface area contributed by atoms with E-state index in [9.17, 15) is 13.2 Å². The van der Waals surface area contributed by atoms with Gasteiger partial charge in [-0.05, 0) is 24.6 Å². The van der Waals surface area contributed by atoms with Crippen molar-refractivity contribution in [2.75, 3.05) is 32.5 Å². The van der Waals surface area contributed by atoms with Crippen LogP contribution in [0, 0.1) is 11.8 Å². The number of likely N-dealkylation sites (tertiary alicyclic amines) is 1. The monoisotopic (exact) mass is 338 g/mol. The Morgan fingerprint density at radius 1 is 1.17 bits per heavy atom. The first-order chi connectivity index (χ1) is 10.9. The fourth-order valence-electron chi connectivity index (χ4n) is 3.41. The first kappa shape index (κ1) is 16.3. The van der Waals surface area contributed by atoms with Gasteiger partial charge in [0.2, 0.25) is 15.9 Å². The van der Waals surface area contributed by atoms with Crippen molar-refractivity contribution in [3.63, 3.8) is 0 Å². The van der Waals surface area contributed by atoms with Crippen LogP contribution in [0.5, 0.6) is 5.75 Å². The number of amides is 1. The molecule has 0 aromatic heterocycles. The summed E-state index contributed by atoms with van der Waals surface area (Å²) in [5, 5.41) is 0. The summed E-state index contributed by atoms with van der Waals surface area (Å²) in [6.07, 6.45) is 0. The molecule has 3 rings (SSSR count). The van der Waals surface area contributed by atoms with Gasteiger partial charge in [-0.1, -0.05) is 12.1 Å². The van der Waals surface area contributed by atoms with Gasteiger partial charge in [0.25, 0.3) is 0 Å². The summed E-state index contributed by atoms with van der Waals surface area (Å²) in [4.78, 5) is 14.4. The number of fused-ring (bicyclic) bond motifs is 1. The van der Waals surface area contributed by atoms with Gasteiger partial charge in [-0.25, -0.2) is 12.7 Å². The maximum absolute atomic E-state index is 12.6. The number of hydrogen-bond donors (Lipinski definition) is 0. The van der Waals surface area contributed by atoms with E-state index in [2.05, 4.69) is 0 Å². The van der Waals surface area contributed by atoms with Gasteiger partial charge in [0.05, 0.1) is 18.8 Å². The lowest BCUT2D eigenvalue weighted by atomic mass is 10.0. The summed E-state index contributed by atoms with van der Waals surface area (Å²) in [7, 11) is -1.58. The highest BCUT2D eigenvalue weighted by molar-refractivity contribution is 7.89. The highest BCUT2D eigenvalue weighted by atomic mass is 32.2. The molecule has 1 aromatic rings. The van der Waals surface area contributed by atoms with Crippen LogP contribution in [0.15, 0.2) is 24.3 Å². The van der Waals surface area contributed by atoms with Crippen molar-refractivity contribution in [3.05, 3.63) is 29.8 Å². The molecule has 2 fully saturated rings. The summed E-state index contributed by atoms with van der Waals surface area (Å²) < 4.78 is 30.5. The number of hydrogen-bond acceptors (Lipinski definition) is 4. The van der Waals surface area contributed by atoms with Crippen LogP contribution >= 0.6 is 0 Å². The van der Waals surface area contributed by atoms with Crippen LogP contribution in [-0.2, 0) is 21.4 Å². The van der Waals surface area contributed by atoms with E-state index in [0.717, 1.165) is 11.3 Å². The van der Waals surface area contributed by atoms with E-state index in [-0.39, 0.29) is 23.5 Å². The van der Waals surface area contributed by atoms with E-state index in [0.29, 0.717) is 26.2 Å². The number of sulfonamides is 1. The van der Waals surface area contributed by atoms with Gasteiger partial charge in [0.1, 0.15) is 5.75 Å². The number of ether oxygens (including phenoxy) is 1. The van der Waals surface area contributed by atoms with E-state index in [1.54, 1.807) is 14.0 Å². The van der Waals surface area contributed by atoms with Gasteiger partial charge < -0.3 is 9.64 Å². The third-order valence-corrected chi connectivity index (χ3v) is 6.60. The summed E-state index contributed by atoms with van der Waals surface area (Å²) >= 11 is 0. The SMILES string of the molecule is CCS(=O)(=O)N1C[C@H]2CN(Cc3ccc(OC)cc3)C(=O)[C@H]2C1. The minimum absolute atomic E-state index is 0.0691. The molecule has 2 aliphatic rings. The molecule has 0 radical (unpaired) electrons. The third kappa shape index (κ3) is 3.07. The van der Waals surface area contributed by atoms with Crippen LogP contribution in [0.3, 0.4) is 0 Å². The normalized spacial score (nSPS) is 25.0. The molecule has 1 aromatic carbocycles. The highest BCUT2D eigenvalue weighted by Gasteiger charge is 2.48. The number of benzene rings is 1. The highest BCUT2D eigenvalue weighted by Crippen LogP contribution is 2.34. The Labute approximate surface area is 137 Å². The van der Waals surface area contributed by atoms with Crippen LogP contribution in [0.25, 0.3) is 0 Å². The molecule has 126 valence electrons. The summed E-state index contributed by atoms with van der Waals surface area (Å²) in [5.74, 6) is 0.881. The van der Waals surface area contributed by atoms with Crippen molar-refractivity contribution >= 4 is 15.9 Å². The zero-order chi connectivity index (χ0) is 16.6. The standard InChI is InChI=1S/C16H22N2O4S/c1-3-23(20,21)18-10-13-9-17(16(19)15(13)11-18)8-12-4-6-14(22-2)7-5-12/h4-7,13,15H,3,8-11H2,1-2H3/t13-,15+/m1/s1. The van der Waals surface area contributed by atoms with Crippen molar-refractivity contribution in [1.82, 2.24) is 9.21 Å². The number of rotatable bonds is 5. The van der Waals surface area contributed by atoms with Crippen LogP contribution in [0.1, 0.15) is 12.5 Å². The number of nitrogens with zero attached hydrogens (tertiary/aromatic N) is 2. The molecule has 2 aliphatic heterocycles. The fourth-order valence-corrected chi connectivity index (χ4v) is 4.58. The maximum atomic E-state index is 12.6. The van der Waals surface area contributed by atoms with Crippen molar-refractivity contribution in [3.8, 4) is 5.75 Å². The van der Waals surface area contributed by atoms with Gasteiger partial charge in [0, 0.05) is 32.1 Å². The Morgan fingerprint density at radius 2 is 1.87 bits per heavy atom. The molecule has 2 saturated heterocycles. The smallest absolute Gasteiger partial charge is 0.227 e. The fraction of sp³-hybridized carbons (Fsp3) is 0.562. The molecule has 7 heteroatoms. The second-order valence-electron chi connectivity index (χ2n) is 6.15. The Morgan fingerprint density at radius 3 is 2.43 bits per heavy atom. The first-order valence-electron chi connectivity index (χ1n) is 7.84. The lowest BCUT2D eigenvalue weighted by Gasteiger charge is -2.21. The molecule has 6 nitrogen and oxygen atoms in total. The minimum atomic E-state index is -3.20. The molecule has 2 atom stereocenters. The molecule has 2 heterocycles. The molecule has 0 N–H and O–H groups in total. The van der Waals surface area contributed by atoms with Crippen molar-refractivity contribution in [2.45, 2.75) is 13.5 Å². The molecule has 0 aliphatic carbocycles. The zero-order valence-corrected chi connectivity index (χ0v) is 14.3. The zero-order valence-electron chi connectivity index (χ0n) is 13.4.